The van der Waals surface area contributed by atoms with Gasteiger partial charge in [-0.3, -0.25) is 9.78 Å². The van der Waals surface area contributed by atoms with Gasteiger partial charge in [0, 0.05) is 18.0 Å². The fourth-order valence-electron chi connectivity index (χ4n) is 2.24. The first kappa shape index (κ1) is 19.7. The molecule has 0 aliphatic carbocycles. The Morgan fingerprint density at radius 3 is 2.46 bits per heavy atom. The van der Waals surface area contributed by atoms with E-state index in [4.69, 9.17) is 9.47 Å². The molecule has 1 N–H and O–H groups in total. The molecule has 1 aromatic carbocycles. The monoisotopic (exact) mass is 379 g/mol. The van der Waals surface area contributed by atoms with Crippen LogP contribution in [0.25, 0.3) is 0 Å². The van der Waals surface area contributed by atoms with Crippen molar-refractivity contribution in [3.8, 4) is 11.5 Å². The lowest BCUT2D eigenvalue weighted by Crippen LogP contribution is -2.37. The SMILES string of the molecule is COc1ccc(NC(=O)CN(Cc2ccccn2)S(C)(=O)=O)cc1OC. The van der Waals surface area contributed by atoms with Gasteiger partial charge in [0.2, 0.25) is 15.9 Å². The number of nitrogens with zero attached hydrogens (tertiary/aromatic N) is 2. The Morgan fingerprint density at radius 2 is 1.88 bits per heavy atom. The van der Waals surface area contributed by atoms with Crippen molar-refractivity contribution in [2.24, 2.45) is 0 Å². The van der Waals surface area contributed by atoms with E-state index in [1.807, 2.05) is 0 Å². The molecule has 0 spiro atoms. The third kappa shape index (κ3) is 5.43. The molecule has 8 nitrogen and oxygen atoms in total. The molecule has 0 unspecified atom stereocenters. The first-order valence-corrected chi connectivity index (χ1v) is 9.55. The van der Waals surface area contributed by atoms with Crippen LogP contribution in [0.1, 0.15) is 5.69 Å². The second-order valence-corrected chi connectivity index (χ2v) is 7.45. The van der Waals surface area contributed by atoms with Crippen molar-refractivity contribution in [1.29, 1.82) is 0 Å². The van der Waals surface area contributed by atoms with Crippen LogP contribution in [0.5, 0.6) is 11.5 Å². The number of carbonyl (C=O) groups excluding carboxylic acids is 1. The summed E-state index contributed by atoms with van der Waals surface area (Å²) in [5.41, 5.74) is 1.02. The van der Waals surface area contributed by atoms with Crippen molar-refractivity contribution in [2.45, 2.75) is 6.54 Å². The van der Waals surface area contributed by atoms with Gasteiger partial charge in [-0.2, -0.15) is 4.31 Å². The Balaban J connectivity index is 2.10. The van der Waals surface area contributed by atoms with Gasteiger partial charge in [0.25, 0.3) is 0 Å². The van der Waals surface area contributed by atoms with Crippen LogP contribution >= 0.6 is 0 Å². The average molecular weight is 379 g/mol. The molecule has 2 rings (SSSR count). The van der Waals surface area contributed by atoms with Gasteiger partial charge < -0.3 is 14.8 Å². The van der Waals surface area contributed by atoms with E-state index in [-0.39, 0.29) is 13.1 Å². The number of carbonyl (C=O) groups is 1. The Labute approximate surface area is 152 Å². The summed E-state index contributed by atoms with van der Waals surface area (Å²) in [5.74, 6) is 0.510. The van der Waals surface area contributed by atoms with E-state index in [2.05, 4.69) is 10.3 Å². The maximum Gasteiger partial charge on any atom is 0.239 e. The highest BCUT2D eigenvalue weighted by Crippen LogP contribution is 2.29. The van der Waals surface area contributed by atoms with Crippen molar-refractivity contribution in [2.75, 3.05) is 32.3 Å². The number of amides is 1. The van der Waals surface area contributed by atoms with E-state index >= 15 is 0 Å². The Bertz CT molecular complexity index is 856. The molecule has 1 amide bonds. The van der Waals surface area contributed by atoms with Gasteiger partial charge in [-0.1, -0.05) is 6.07 Å². The fourth-order valence-corrected chi connectivity index (χ4v) is 2.96. The fraction of sp³-hybridized carbons (Fsp3) is 0.294. The predicted molar refractivity (Wildman–Crippen MR) is 97.7 cm³/mol. The number of aromatic nitrogens is 1. The van der Waals surface area contributed by atoms with Crippen LogP contribution in [-0.2, 0) is 21.4 Å². The van der Waals surface area contributed by atoms with Crippen molar-refractivity contribution in [1.82, 2.24) is 9.29 Å². The highest BCUT2D eigenvalue weighted by molar-refractivity contribution is 7.88. The molecule has 0 bridgehead atoms. The maximum absolute atomic E-state index is 12.3. The van der Waals surface area contributed by atoms with E-state index in [1.165, 1.54) is 14.2 Å². The van der Waals surface area contributed by atoms with Crippen molar-refractivity contribution in [3.05, 3.63) is 48.3 Å². The molecule has 26 heavy (non-hydrogen) atoms. The normalized spacial score (nSPS) is 11.2. The summed E-state index contributed by atoms with van der Waals surface area (Å²) in [6, 6.07) is 10.1. The smallest absolute Gasteiger partial charge is 0.239 e. The number of hydrogen-bond donors (Lipinski definition) is 1. The predicted octanol–water partition coefficient (Wildman–Crippen LogP) is 1.50. The van der Waals surface area contributed by atoms with Crippen LogP contribution in [0.3, 0.4) is 0 Å². The summed E-state index contributed by atoms with van der Waals surface area (Å²) >= 11 is 0. The lowest BCUT2D eigenvalue weighted by Gasteiger charge is -2.19. The van der Waals surface area contributed by atoms with E-state index in [0.29, 0.717) is 22.9 Å². The van der Waals surface area contributed by atoms with Gasteiger partial charge in [-0.05, 0) is 24.3 Å². The molecule has 0 atom stereocenters. The number of methoxy groups -OCH3 is 2. The average Bonchev–Trinajstić information content (AvgIpc) is 2.61. The molecule has 0 saturated heterocycles. The third-order valence-electron chi connectivity index (χ3n) is 3.52. The van der Waals surface area contributed by atoms with Crippen LogP contribution in [0.2, 0.25) is 0 Å². The molecule has 0 radical (unpaired) electrons. The zero-order chi connectivity index (χ0) is 19.2. The standard InChI is InChI=1S/C17H21N3O5S/c1-24-15-8-7-13(10-16(15)25-2)19-17(21)12-20(26(3,22)23)11-14-6-4-5-9-18-14/h4-10H,11-12H2,1-3H3,(H,19,21). The van der Waals surface area contributed by atoms with Gasteiger partial charge in [-0.25, -0.2) is 8.42 Å². The zero-order valence-electron chi connectivity index (χ0n) is 14.8. The first-order valence-electron chi connectivity index (χ1n) is 7.70. The van der Waals surface area contributed by atoms with Crippen molar-refractivity contribution in [3.63, 3.8) is 0 Å². The molecular formula is C17H21N3O5S. The van der Waals surface area contributed by atoms with Gasteiger partial charge >= 0.3 is 0 Å². The van der Waals surface area contributed by atoms with E-state index in [1.54, 1.807) is 42.6 Å². The molecule has 2 aromatic rings. The molecule has 9 heteroatoms. The summed E-state index contributed by atoms with van der Waals surface area (Å²) in [7, 11) is -0.587. The molecule has 0 aliphatic heterocycles. The maximum atomic E-state index is 12.3. The minimum absolute atomic E-state index is 0.0129. The van der Waals surface area contributed by atoms with Gasteiger partial charge in [-0.15, -0.1) is 0 Å². The second-order valence-electron chi connectivity index (χ2n) is 5.47. The summed E-state index contributed by atoms with van der Waals surface area (Å²) < 4.78 is 35.4. The van der Waals surface area contributed by atoms with E-state index < -0.39 is 15.9 Å². The van der Waals surface area contributed by atoms with Crippen LogP contribution in [0.4, 0.5) is 5.69 Å². The highest BCUT2D eigenvalue weighted by atomic mass is 32.2. The van der Waals surface area contributed by atoms with Crippen molar-refractivity contribution < 1.29 is 22.7 Å². The first-order chi connectivity index (χ1) is 12.3. The minimum Gasteiger partial charge on any atom is -0.493 e. The number of ether oxygens (including phenoxy) is 2. The molecule has 0 saturated carbocycles. The summed E-state index contributed by atoms with van der Waals surface area (Å²) in [5, 5.41) is 2.66. The topological polar surface area (TPSA) is 97.8 Å². The van der Waals surface area contributed by atoms with Gasteiger partial charge in [0.05, 0.1) is 39.3 Å². The molecule has 1 heterocycles. The van der Waals surface area contributed by atoms with Crippen LogP contribution in [-0.4, -0.2) is 50.6 Å². The number of pyridine rings is 1. The molecule has 0 aliphatic rings. The number of rotatable bonds is 8. The molecule has 1 aromatic heterocycles. The lowest BCUT2D eigenvalue weighted by molar-refractivity contribution is -0.116. The zero-order valence-corrected chi connectivity index (χ0v) is 15.6. The Kier molecular flexibility index (Phi) is 6.53. The summed E-state index contributed by atoms with van der Waals surface area (Å²) in [6.45, 7) is -0.317. The summed E-state index contributed by atoms with van der Waals surface area (Å²) in [6.07, 6.45) is 2.62. The number of nitrogens with one attached hydrogen (secondary N) is 1. The quantitative estimate of drug-likeness (QED) is 0.746. The number of anilines is 1. The van der Waals surface area contributed by atoms with E-state index in [0.717, 1.165) is 10.6 Å². The number of hydrogen-bond acceptors (Lipinski definition) is 6. The lowest BCUT2D eigenvalue weighted by atomic mass is 10.2. The highest BCUT2D eigenvalue weighted by Gasteiger charge is 2.21. The molecular weight excluding hydrogens is 358 g/mol. The number of sulfonamides is 1. The van der Waals surface area contributed by atoms with Gasteiger partial charge in [0.1, 0.15) is 0 Å². The number of benzene rings is 1. The Morgan fingerprint density at radius 1 is 1.15 bits per heavy atom. The van der Waals surface area contributed by atoms with Crippen molar-refractivity contribution >= 4 is 21.6 Å². The molecule has 0 fully saturated rings. The van der Waals surface area contributed by atoms with Crippen LogP contribution in [0.15, 0.2) is 42.6 Å². The molecule has 140 valence electrons. The largest absolute Gasteiger partial charge is 0.493 e. The van der Waals surface area contributed by atoms with Crippen LogP contribution in [0, 0.1) is 0 Å². The Hall–Kier alpha value is -2.65. The van der Waals surface area contributed by atoms with E-state index in [9.17, 15) is 13.2 Å². The van der Waals surface area contributed by atoms with Gasteiger partial charge in [0.15, 0.2) is 11.5 Å². The third-order valence-corrected chi connectivity index (χ3v) is 4.72. The summed E-state index contributed by atoms with van der Waals surface area (Å²) in [4.78, 5) is 16.4. The second kappa shape index (κ2) is 8.63. The van der Waals surface area contributed by atoms with Crippen LogP contribution < -0.4 is 14.8 Å². The minimum atomic E-state index is -3.59.